The number of nitrogens with zero attached hydrogens (tertiary/aromatic N) is 7. The van der Waals surface area contributed by atoms with Gasteiger partial charge < -0.3 is 16.0 Å². The summed E-state index contributed by atoms with van der Waals surface area (Å²) in [6.07, 6.45) is 8.26. The summed E-state index contributed by atoms with van der Waals surface area (Å²) in [6.45, 7) is 5.32. The summed E-state index contributed by atoms with van der Waals surface area (Å²) in [7, 11) is 1.63. The van der Waals surface area contributed by atoms with Gasteiger partial charge in [0.05, 0.1) is 29.9 Å². The zero-order valence-electron chi connectivity index (χ0n) is 18.0. The van der Waals surface area contributed by atoms with Crippen LogP contribution in [-0.2, 0) is 0 Å². The van der Waals surface area contributed by atoms with Crippen molar-refractivity contribution in [3.05, 3.63) is 23.9 Å². The maximum atomic E-state index is 14.6. The topological polar surface area (TPSA) is 110 Å². The first kappa shape index (κ1) is 21.5. The molecule has 4 rings (SSSR count). The number of hydrogen-bond acceptors (Lipinski definition) is 9. The van der Waals surface area contributed by atoms with Crippen LogP contribution in [0.2, 0.25) is 0 Å². The Labute approximate surface area is 182 Å². The Morgan fingerprint density at radius 3 is 3.00 bits per heavy atom. The summed E-state index contributed by atoms with van der Waals surface area (Å²) in [5, 5.41) is 12.5. The average Bonchev–Trinajstić information content (AvgIpc) is 2.76. The molecular formula is C21H30FN9. The molecule has 3 aliphatic heterocycles. The fraction of sp³-hybridized carbons (Fsp3) is 0.619. The van der Waals surface area contributed by atoms with Crippen LogP contribution in [0.1, 0.15) is 25.7 Å². The van der Waals surface area contributed by atoms with Gasteiger partial charge >= 0.3 is 0 Å². The minimum absolute atomic E-state index is 0.243. The third-order valence-electron chi connectivity index (χ3n) is 6.62. The maximum Gasteiger partial charge on any atom is 0.229 e. The highest BCUT2D eigenvalue weighted by molar-refractivity contribution is 5.81. The van der Waals surface area contributed by atoms with E-state index in [0.717, 1.165) is 25.8 Å². The number of nitrogens with two attached hydrogens (primary N) is 1. The van der Waals surface area contributed by atoms with Gasteiger partial charge in [0.2, 0.25) is 5.95 Å². The smallest absolute Gasteiger partial charge is 0.229 e. The molecule has 3 aliphatic rings. The van der Waals surface area contributed by atoms with Crippen molar-refractivity contribution in [3.8, 4) is 6.07 Å². The molecule has 0 radical (unpaired) electrons. The zero-order chi connectivity index (χ0) is 21.8. The number of nitrogens with one attached hydrogen (secondary N) is 1. The molecule has 1 aromatic rings. The molecule has 0 bridgehead atoms. The minimum atomic E-state index is -0.476. The van der Waals surface area contributed by atoms with Gasteiger partial charge in [-0.15, -0.1) is 0 Å². The van der Waals surface area contributed by atoms with Gasteiger partial charge in [-0.2, -0.15) is 10.2 Å². The van der Waals surface area contributed by atoms with Gasteiger partial charge in [0.25, 0.3) is 0 Å². The Hall–Kier alpha value is -2.77. The lowest BCUT2D eigenvalue weighted by Gasteiger charge is -2.58. The van der Waals surface area contributed by atoms with E-state index in [9.17, 15) is 9.65 Å². The van der Waals surface area contributed by atoms with Crippen LogP contribution in [0.3, 0.4) is 0 Å². The summed E-state index contributed by atoms with van der Waals surface area (Å²) >= 11 is 0. The molecular weight excluding hydrogens is 397 g/mol. The molecule has 3 fully saturated rings. The van der Waals surface area contributed by atoms with E-state index in [1.807, 2.05) is 4.90 Å². The molecule has 0 aliphatic carbocycles. The van der Waals surface area contributed by atoms with Gasteiger partial charge in [-0.25, -0.2) is 9.37 Å². The van der Waals surface area contributed by atoms with Gasteiger partial charge in [0, 0.05) is 58.2 Å². The van der Waals surface area contributed by atoms with E-state index < -0.39 is 5.82 Å². The summed E-state index contributed by atoms with van der Waals surface area (Å²) in [5.41, 5.74) is 5.85. The number of hydrogen-bond donors (Lipinski definition) is 2. The molecule has 3 saturated heterocycles. The number of rotatable bonds is 6. The molecule has 1 atom stereocenters. The molecule has 0 saturated carbocycles. The number of aliphatic imine (C=N–C) groups is 1. The molecule has 10 heteroatoms. The number of fused-ring (bicyclic) bond motifs is 1. The van der Waals surface area contributed by atoms with Crippen molar-refractivity contribution in [1.29, 1.82) is 5.26 Å². The van der Waals surface area contributed by atoms with Gasteiger partial charge in [-0.3, -0.25) is 14.8 Å². The van der Waals surface area contributed by atoms with E-state index in [-0.39, 0.29) is 17.3 Å². The highest BCUT2D eigenvalue weighted by Crippen LogP contribution is 2.37. The number of piperazine rings is 1. The summed E-state index contributed by atoms with van der Waals surface area (Å²) in [5.74, 6) is 0.0180. The fourth-order valence-electron chi connectivity index (χ4n) is 5.00. The van der Waals surface area contributed by atoms with E-state index in [2.05, 4.69) is 36.1 Å². The second-order valence-corrected chi connectivity index (χ2v) is 8.55. The average molecular weight is 428 g/mol. The van der Waals surface area contributed by atoms with Gasteiger partial charge in [-0.1, -0.05) is 6.42 Å². The highest BCUT2D eigenvalue weighted by atomic mass is 19.1. The van der Waals surface area contributed by atoms with Crippen LogP contribution in [0.25, 0.3) is 0 Å². The third kappa shape index (κ3) is 4.34. The van der Waals surface area contributed by atoms with Crippen LogP contribution in [-0.4, -0.2) is 83.9 Å². The molecule has 0 aromatic carbocycles. The van der Waals surface area contributed by atoms with Crippen molar-refractivity contribution in [1.82, 2.24) is 19.8 Å². The molecule has 4 heterocycles. The van der Waals surface area contributed by atoms with Crippen LogP contribution < -0.4 is 16.0 Å². The number of anilines is 2. The summed E-state index contributed by atoms with van der Waals surface area (Å²) in [6, 6.07) is 2.94. The van der Waals surface area contributed by atoms with Crippen LogP contribution in [0, 0.1) is 17.1 Å². The Morgan fingerprint density at radius 2 is 2.26 bits per heavy atom. The van der Waals surface area contributed by atoms with Gasteiger partial charge in [-0.05, 0) is 19.4 Å². The number of allylic oxidation sites excluding steroid dienone is 1. The Morgan fingerprint density at radius 1 is 1.42 bits per heavy atom. The third-order valence-corrected chi connectivity index (χ3v) is 6.62. The normalized spacial score (nSPS) is 24.5. The molecule has 1 aromatic heterocycles. The lowest BCUT2D eigenvalue weighted by atomic mass is 9.83. The Balaban J connectivity index is 1.48. The fourth-order valence-corrected chi connectivity index (χ4v) is 5.00. The van der Waals surface area contributed by atoms with Gasteiger partial charge in [0.1, 0.15) is 0 Å². The molecule has 0 spiro atoms. The zero-order valence-corrected chi connectivity index (χ0v) is 18.0. The number of piperidine rings is 1. The molecule has 0 amide bonds. The lowest BCUT2D eigenvalue weighted by molar-refractivity contribution is -0.0251. The first-order chi connectivity index (χ1) is 15.1. The summed E-state index contributed by atoms with van der Waals surface area (Å²) < 4.78 is 14.6. The predicted octanol–water partition coefficient (Wildman–Crippen LogP) is 1.17. The van der Waals surface area contributed by atoms with E-state index in [1.54, 1.807) is 13.3 Å². The standard InChI is InChI=1S/C21H30FN9/c1-25-11-16(10-24)27-20-26-12-18(22)19(28-20)30-14-21(15-30,5-6-23)31-9-8-29-7-3-2-4-17(29)13-31/h10-12,17H,2-5,7-9,13-15,24H2,1H3,(H,26,27,28)/b16-10+,25-11?/t17-/m0/s1. The van der Waals surface area contributed by atoms with E-state index in [0.29, 0.717) is 31.2 Å². The lowest BCUT2D eigenvalue weighted by Crippen LogP contribution is -2.74. The van der Waals surface area contributed by atoms with Crippen molar-refractivity contribution < 1.29 is 4.39 Å². The van der Waals surface area contributed by atoms with Crippen molar-refractivity contribution in [2.75, 3.05) is 56.5 Å². The van der Waals surface area contributed by atoms with Crippen LogP contribution >= 0.6 is 0 Å². The van der Waals surface area contributed by atoms with Gasteiger partial charge in [0.15, 0.2) is 11.6 Å². The Bertz CT molecular complexity index is 887. The molecule has 9 nitrogen and oxygen atoms in total. The van der Waals surface area contributed by atoms with Crippen molar-refractivity contribution in [2.24, 2.45) is 10.7 Å². The Kier molecular flexibility index (Phi) is 6.34. The van der Waals surface area contributed by atoms with E-state index >= 15 is 0 Å². The van der Waals surface area contributed by atoms with Crippen LogP contribution in [0.4, 0.5) is 16.2 Å². The largest absolute Gasteiger partial charge is 0.403 e. The SMILES string of the molecule is CN=C/C(=C\N)Nc1ncc(F)c(N2CC(CC#N)(N3CCN4CCCC[C@H]4C3)C2)n1. The molecule has 3 N–H and O–H groups in total. The predicted molar refractivity (Wildman–Crippen MR) is 118 cm³/mol. The second kappa shape index (κ2) is 9.16. The van der Waals surface area contributed by atoms with Crippen molar-refractivity contribution in [2.45, 2.75) is 37.3 Å². The minimum Gasteiger partial charge on any atom is -0.403 e. The van der Waals surface area contributed by atoms with Crippen LogP contribution in [0.15, 0.2) is 23.1 Å². The summed E-state index contributed by atoms with van der Waals surface area (Å²) in [4.78, 5) is 19.2. The monoisotopic (exact) mass is 427 g/mol. The maximum absolute atomic E-state index is 14.6. The molecule has 0 unspecified atom stereocenters. The first-order valence-corrected chi connectivity index (χ1v) is 10.8. The first-order valence-electron chi connectivity index (χ1n) is 10.8. The highest BCUT2D eigenvalue weighted by Gasteiger charge is 2.50. The quantitative estimate of drug-likeness (QED) is 0.651. The van der Waals surface area contributed by atoms with E-state index in [1.165, 1.54) is 32.0 Å². The van der Waals surface area contributed by atoms with E-state index in [4.69, 9.17) is 5.73 Å². The van der Waals surface area contributed by atoms with Crippen molar-refractivity contribution in [3.63, 3.8) is 0 Å². The molecule has 166 valence electrons. The van der Waals surface area contributed by atoms with Crippen molar-refractivity contribution >= 4 is 18.0 Å². The number of halogens is 1. The molecule has 31 heavy (non-hydrogen) atoms. The number of aromatic nitrogens is 2. The van der Waals surface area contributed by atoms with Crippen LogP contribution in [0.5, 0.6) is 0 Å². The number of nitriles is 1. The second-order valence-electron chi connectivity index (χ2n) is 8.55.